The summed E-state index contributed by atoms with van der Waals surface area (Å²) in [5.41, 5.74) is 0.997. The van der Waals surface area contributed by atoms with Crippen molar-refractivity contribution >= 4 is 22.7 Å². The number of carbonyl (C=O) groups is 1. The number of rotatable bonds is 4. The van der Waals surface area contributed by atoms with Crippen LogP contribution >= 0.6 is 11.5 Å². The lowest BCUT2D eigenvalue weighted by molar-refractivity contribution is 0.193. The van der Waals surface area contributed by atoms with Crippen molar-refractivity contribution in [2.24, 2.45) is 0 Å². The normalized spacial score (nSPS) is 18.5. The van der Waals surface area contributed by atoms with Crippen molar-refractivity contribution in [1.29, 1.82) is 0 Å². The van der Waals surface area contributed by atoms with E-state index >= 15 is 0 Å². The number of aromatic nitrogens is 2. The molecule has 2 amide bonds. The first-order chi connectivity index (χ1) is 14.2. The molecule has 1 saturated carbocycles. The molecular formula is C21H28FN5OS. The third kappa shape index (κ3) is 5.44. The molecule has 156 valence electrons. The molecular weight excluding hydrogens is 389 g/mol. The zero-order valence-corrected chi connectivity index (χ0v) is 17.5. The van der Waals surface area contributed by atoms with Crippen LogP contribution in [0.25, 0.3) is 0 Å². The number of hydrogen-bond donors (Lipinski definition) is 1. The van der Waals surface area contributed by atoms with Crippen LogP contribution in [0, 0.1) is 5.82 Å². The lowest BCUT2D eigenvalue weighted by Gasteiger charge is -2.27. The van der Waals surface area contributed by atoms with Crippen molar-refractivity contribution in [2.45, 2.75) is 51.0 Å². The molecule has 1 saturated heterocycles. The Morgan fingerprint density at radius 3 is 2.66 bits per heavy atom. The molecule has 0 atom stereocenters. The average molecular weight is 418 g/mol. The van der Waals surface area contributed by atoms with E-state index in [0.717, 1.165) is 55.4 Å². The van der Waals surface area contributed by atoms with E-state index in [2.05, 4.69) is 19.6 Å². The molecule has 2 aliphatic rings. The fraction of sp³-hybridized carbons (Fsp3) is 0.571. The topological polar surface area (TPSA) is 61.4 Å². The molecule has 1 aliphatic carbocycles. The van der Waals surface area contributed by atoms with Crippen LogP contribution in [-0.4, -0.2) is 52.5 Å². The maximum absolute atomic E-state index is 13.1. The molecule has 2 heterocycles. The summed E-state index contributed by atoms with van der Waals surface area (Å²) >= 11 is 1.40. The second-order valence-corrected chi connectivity index (χ2v) is 8.64. The van der Waals surface area contributed by atoms with E-state index in [1.165, 1.54) is 42.9 Å². The molecule has 1 aromatic heterocycles. The van der Waals surface area contributed by atoms with Gasteiger partial charge in [-0.3, -0.25) is 0 Å². The zero-order valence-electron chi connectivity index (χ0n) is 16.6. The summed E-state index contributed by atoms with van der Waals surface area (Å²) in [6.07, 6.45) is 7.45. The van der Waals surface area contributed by atoms with Crippen LogP contribution in [0.2, 0.25) is 0 Å². The van der Waals surface area contributed by atoms with Crippen molar-refractivity contribution in [3.8, 4) is 0 Å². The number of nitrogens with one attached hydrogen (secondary N) is 1. The van der Waals surface area contributed by atoms with Crippen molar-refractivity contribution in [1.82, 2.24) is 19.6 Å². The molecule has 0 radical (unpaired) electrons. The van der Waals surface area contributed by atoms with Gasteiger partial charge in [0.05, 0.1) is 0 Å². The van der Waals surface area contributed by atoms with E-state index in [1.54, 1.807) is 12.1 Å². The van der Waals surface area contributed by atoms with Crippen molar-refractivity contribution < 1.29 is 9.18 Å². The number of amides is 2. The molecule has 6 nitrogen and oxygen atoms in total. The minimum Gasteiger partial charge on any atom is -0.345 e. The van der Waals surface area contributed by atoms with Crippen molar-refractivity contribution in [2.75, 3.05) is 31.1 Å². The predicted molar refractivity (Wildman–Crippen MR) is 113 cm³/mol. The highest BCUT2D eigenvalue weighted by atomic mass is 32.1. The Kier molecular flexibility index (Phi) is 6.59. The second-order valence-electron chi connectivity index (χ2n) is 7.91. The maximum atomic E-state index is 13.1. The molecule has 0 unspecified atom stereocenters. The van der Waals surface area contributed by atoms with E-state index < -0.39 is 0 Å². The summed E-state index contributed by atoms with van der Waals surface area (Å²) in [6, 6.07) is 6.88. The smallest absolute Gasteiger partial charge is 0.317 e. The van der Waals surface area contributed by atoms with Gasteiger partial charge in [-0.2, -0.15) is 4.37 Å². The summed E-state index contributed by atoms with van der Waals surface area (Å²) in [4.78, 5) is 21.5. The van der Waals surface area contributed by atoms with Crippen LogP contribution in [0.5, 0.6) is 0 Å². The lowest BCUT2D eigenvalue weighted by atomic mass is 9.96. The van der Waals surface area contributed by atoms with Gasteiger partial charge in [0.15, 0.2) is 0 Å². The third-order valence-corrected chi connectivity index (χ3v) is 6.53. The Bertz CT molecular complexity index is 806. The van der Waals surface area contributed by atoms with Gasteiger partial charge in [0.25, 0.3) is 0 Å². The molecule has 2 fully saturated rings. The molecule has 4 rings (SSSR count). The first kappa shape index (κ1) is 20.1. The maximum Gasteiger partial charge on any atom is 0.317 e. The summed E-state index contributed by atoms with van der Waals surface area (Å²) < 4.78 is 17.5. The Morgan fingerprint density at radius 2 is 1.86 bits per heavy atom. The van der Waals surface area contributed by atoms with Crippen LogP contribution in [0.1, 0.15) is 49.9 Å². The number of urea groups is 1. The fourth-order valence-corrected chi connectivity index (χ4v) is 4.79. The second kappa shape index (κ2) is 9.52. The Labute approximate surface area is 175 Å². The minimum absolute atomic E-state index is 0.0769. The highest BCUT2D eigenvalue weighted by molar-refractivity contribution is 7.09. The number of nitrogens with zero attached hydrogens (tertiary/aromatic N) is 4. The highest BCUT2D eigenvalue weighted by Crippen LogP contribution is 2.21. The van der Waals surface area contributed by atoms with Gasteiger partial charge in [0.2, 0.25) is 5.13 Å². The molecule has 29 heavy (non-hydrogen) atoms. The fourth-order valence-electron chi connectivity index (χ4n) is 4.05. The number of anilines is 1. The van der Waals surface area contributed by atoms with Gasteiger partial charge >= 0.3 is 6.03 Å². The quantitative estimate of drug-likeness (QED) is 0.822. The summed E-state index contributed by atoms with van der Waals surface area (Å²) in [7, 11) is 0. The lowest BCUT2D eigenvalue weighted by Crippen LogP contribution is -2.46. The Balaban J connectivity index is 1.30. The SMILES string of the molecule is O=C(NC1CCCCC1)N1CCCN(c2nc(Cc3ccc(F)cc3)ns2)CC1. The van der Waals surface area contributed by atoms with Crippen LogP contribution in [-0.2, 0) is 6.42 Å². The monoisotopic (exact) mass is 417 g/mol. The Hall–Kier alpha value is -2.22. The summed E-state index contributed by atoms with van der Waals surface area (Å²) in [5, 5.41) is 4.12. The van der Waals surface area contributed by atoms with E-state index in [9.17, 15) is 9.18 Å². The predicted octanol–water partition coefficient (Wildman–Crippen LogP) is 3.82. The number of halogens is 1. The van der Waals surface area contributed by atoms with E-state index in [4.69, 9.17) is 0 Å². The van der Waals surface area contributed by atoms with E-state index in [0.29, 0.717) is 19.0 Å². The largest absolute Gasteiger partial charge is 0.345 e. The number of hydrogen-bond acceptors (Lipinski definition) is 5. The zero-order chi connectivity index (χ0) is 20.1. The molecule has 1 aromatic carbocycles. The standard InChI is InChI=1S/C21H28FN5OS/c22-17-9-7-16(8-10-17)15-19-24-21(29-25-19)27-12-4-11-26(13-14-27)20(28)23-18-5-2-1-3-6-18/h7-10,18H,1-6,11-15H2,(H,23,28). The molecule has 2 aromatic rings. The molecule has 0 bridgehead atoms. The van der Waals surface area contributed by atoms with Crippen LogP contribution in [0.4, 0.5) is 14.3 Å². The number of benzene rings is 1. The van der Waals surface area contributed by atoms with Gasteiger partial charge < -0.3 is 15.1 Å². The van der Waals surface area contributed by atoms with E-state index in [1.807, 2.05) is 4.90 Å². The van der Waals surface area contributed by atoms with Crippen LogP contribution in [0.15, 0.2) is 24.3 Å². The summed E-state index contributed by atoms with van der Waals surface area (Å²) in [6.45, 7) is 3.11. The van der Waals surface area contributed by atoms with Crippen LogP contribution in [0.3, 0.4) is 0 Å². The average Bonchev–Trinajstić information content (AvgIpc) is 3.05. The minimum atomic E-state index is -0.234. The van der Waals surface area contributed by atoms with Crippen LogP contribution < -0.4 is 10.2 Å². The first-order valence-electron chi connectivity index (χ1n) is 10.5. The molecule has 1 aliphatic heterocycles. The first-order valence-corrected chi connectivity index (χ1v) is 11.3. The highest BCUT2D eigenvalue weighted by Gasteiger charge is 2.23. The van der Waals surface area contributed by atoms with Gasteiger partial charge in [-0.05, 0) is 37.0 Å². The van der Waals surface area contributed by atoms with Gasteiger partial charge in [-0.15, -0.1) is 0 Å². The molecule has 8 heteroatoms. The number of carbonyl (C=O) groups excluding carboxylic acids is 1. The third-order valence-electron chi connectivity index (χ3n) is 5.72. The molecule has 0 spiro atoms. The molecule has 1 N–H and O–H groups in total. The Morgan fingerprint density at radius 1 is 1.07 bits per heavy atom. The summed E-state index contributed by atoms with van der Waals surface area (Å²) in [5.74, 6) is 0.523. The van der Waals surface area contributed by atoms with Gasteiger partial charge in [-0.1, -0.05) is 31.4 Å². The van der Waals surface area contributed by atoms with Gasteiger partial charge in [-0.25, -0.2) is 14.2 Å². The van der Waals surface area contributed by atoms with Crippen molar-refractivity contribution in [3.63, 3.8) is 0 Å². The van der Waals surface area contributed by atoms with Crippen molar-refractivity contribution in [3.05, 3.63) is 41.5 Å². The van der Waals surface area contributed by atoms with E-state index in [-0.39, 0.29) is 11.8 Å². The van der Waals surface area contributed by atoms with Gasteiger partial charge in [0.1, 0.15) is 11.6 Å². The van der Waals surface area contributed by atoms with Gasteiger partial charge in [0, 0.05) is 50.2 Å².